The Hall–Kier alpha value is -0.731. The average Bonchev–Trinajstić information content (AvgIpc) is 2.45. The van der Waals surface area contributed by atoms with Crippen LogP contribution in [0.2, 0.25) is 5.32 Å². The van der Waals surface area contributed by atoms with E-state index in [1.165, 1.54) is 14.9 Å². The second kappa shape index (κ2) is 7.76. The standard InChI is InChI=1S/C16H18OSSe/c1-13-7-9-16(10-8-13)19-12-14(17)11-18-15-5-3-2-4-6-15/h2-10,14,17H,11-12H2,1H3. The number of aryl methyl sites for hydroxylation is 1. The van der Waals surface area contributed by atoms with E-state index in [0.717, 1.165) is 11.1 Å². The fourth-order valence-electron chi connectivity index (χ4n) is 1.58. The Balaban J connectivity index is 1.72. The van der Waals surface area contributed by atoms with Gasteiger partial charge in [-0.05, 0) is 0 Å². The minimum atomic E-state index is -0.216. The van der Waals surface area contributed by atoms with Gasteiger partial charge in [0.2, 0.25) is 0 Å². The zero-order chi connectivity index (χ0) is 13.5. The Kier molecular flexibility index (Phi) is 5.99. The molecule has 0 aliphatic heterocycles. The molecule has 1 nitrogen and oxygen atoms in total. The van der Waals surface area contributed by atoms with Gasteiger partial charge < -0.3 is 0 Å². The molecule has 1 atom stereocenters. The number of hydrogen-bond donors (Lipinski definition) is 1. The zero-order valence-electron chi connectivity index (χ0n) is 11.0. The Labute approximate surface area is 125 Å². The molecule has 0 amide bonds. The van der Waals surface area contributed by atoms with Gasteiger partial charge in [0, 0.05) is 0 Å². The van der Waals surface area contributed by atoms with Crippen LogP contribution in [0.3, 0.4) is 0 Å². The van der Waals surface area contributed by atoms with Gasteiger partial charge in [0.1, 0.15) is 0 Å². The van der Waals surface area contributed by atoms with Crippen LogP contribution in [0.4, 0.5) is 0 Å². The van der Waals surface area contributed by atoms with Crippen LogP contribution in [0.25, 0.3) is 0 Å². The molecule has 100 valence electrons. The number of rotatable bonds is 6. The van der Waals surface area contributed by atoms with E-state index >= 15 is 0 Å². The van der Waals surface area contributed by atoms with Crippen molar-refractivity contribution in [2.45, 2.75) is 23.2 Å². The van der Waals surface area contributed by atoms with Crippen molar-refractivity contribution in [2.75, 3.05) is 5.75 Å². The molecule has 1 N–H and O–H groups in total. The maximum atomic E-state index is 10.0. The van der Waals surface area contributed by atoms with Gasteiger partial charge in [0.15, 0.2) is 0 Å². The van der Waals surface area contributed by atoms with Crippen molar-refractivity contribution < 1.29 is 5.11 Å². The van der Waals surface area contributed by atoms with Crippen molar-refractivity contribution in [3.8, 4) is 0 Å². The van der Waals surface area contributed by atoms with Crippen molar-refractivity contribution in [2.24, 2.45) is 0 Å². The van der Waals surface area contributed by atoms with Crippen molar-refractivity contribution >= 4 is 31.2 Å². The van der Waals surface area contributed by atoms with Crippen LogP contribution < -0.4 is 4.46 Å². The van der Waals surface area contributed by atoms with E-state index in [1.807, 2.05) is 18.2 Å². The summed E-state index contributed by atoms with van der Waals surface area (Å²) in [7, 11) is 0. The fraction of sp³-hybridized carbons (Fsp3) is 0.250. The van der Waals surface area contributed by atoms with Crippen LogP contribution in [-0.4, -0.2) is 31.9 Å². The normalized spacial score (nSPS) is 12.3. The first-order valence-corrected chi connectivity index (χ1v) is 9.35. The molecule has 0 aromatic heterocycles. The summed E-state index contributed by atoms with van der Waals surface area (Å²) in [5.41, 5.74) is 1.29. The molecule has 0 fully saturated rings. The Morgan fingerprint density at radius 3 is 2.42 bits per heavy atom. The second-order valence-electron chi connectivity index (χ2n) is 4.40. The first-order chi connectivity index (χ1) is 9.24. The molecule has 0 saturated heterocycles. The van der Waals surface area contributed by atoms with Crippen LogP contribution in [0, 0.1) is 6.92 Å². The third-order valence-electron chi connectivity index (χ3n) is 2.65. The topological polar surface area (TPSA) is 20.2 Å². The Morgan fingerprint density at radius 1 is 1.05 bits per heavy atom. The summed E-state index contributed by atoms with van der Waals surface area (Å²) in [4.78, 5) is 1.23. The van der Waals surface area contributed by atoms with E-state index in [1.54, 1.807) is 11.8 Å². The van der Waals surface area contributed by atoms with Gasteiger partial charge in [-0.2, -0.15) is 0 Å². The van der Waals surface area contributed by atoms with Gasteiger partial charge in [-0.1, -0.05) is 0 Å². The van der Waals surface area contributed by atoms with Crippen LogP contribution in [0.1, 0.15) is 5.56 Å². The molecule has 2 rings (SSSR count). The van der Waals surface area contributed by atoms with Gasteiger partial charge in [-0.15, -0.1) is 0 Å². The molecule has 1 unspecified atom stereocenters. The summed E-state index contributed by atoms with van der Waals surface area (Å²) < 4.78 is 1.36. The molecule has 2 aromatic rings. The van der Waals surface area contributed by atoms with Crippen LogP contribution in [0.15, 0.2) is 59.5 Å². The van der Waals surface area contributed by atoms with Crippen molar-refractivity contribution in [1.82, 2.24) is 0 Å². The molecule has 0 radical (unpaired) electrons. The number of hydrogen-bond acceptors (Lipinski definition) is 2. The summed E-state index contributed by atoms with van der Waals surface area (Å²) in [5, 5.41) is 10.9. The predicted molar refractivity (Wildman–Crippen MR) is 84.5 cm³/mol. The number of aliphatic hydroxyl groups excluding tert-OH is 1. The molecule has 0 saturated carbocycles. The summed E-state index contributed by atoms with van der Waals surface area (Å²) >= 11 is 2.09. The van der Waals surface area contributed by atoms with E-state index in [2.05, 4.69) is 43.3 Å². The Morgan fingerprint density at radius 2 is 1.74 bits per heavy atom. The van der Waals surface area contributed by atoms with E-state index in [-0.39, 0.29) is 6.10 Å². The van der Waals surface area contributed by atoms with Crippen molar-refractivity contribution in [3.05, 3.63) is 60.2 Å². The van der Waals surface area contributed by atoms with Crippen LogP contribution in [0.5, 0.6) is 0 Å². The van der Waals surface area contributed by atoms with Gasteiger partial charge in [0.25, 0.3) is 0 Å². The number of benzene rings is 2. The van der Waals surface area contributed by atoms with Gasteiger partial charge >= 0.3 is 125 Å². The van der Waals surface area contributed by atoms with Gasteiger partial charge in [0.05, 0.1) is 0 Å². The summed E-state index contributed by atoms with van der Waals surface area (Å²) in [6.07, 6.45) is -0.216. The van der Waals surface area contributed by atoms with Gasteiger partial charge in [-0.3, -0.25) is 0 Å². The Bertz CT molecular complexity index is 484. The molecular weight excluding hydrogens is 319 g/mol. The van der Waals surface area contributed by atoms with E-state index in [9.17, 15) is 5.11 Å². The van der Waals surface area contributed by atoms with Crippen LogP contribution >= 0.6 is 11.8 Å². The first kappa shape index (κ1) is 14.7. The molecule has 0 aliphatic rings. The summed E-state index contributed by atoms with van der Waals surface area (Å²) in [6.45, 7) is 2.10. The second-order valence-corrected chi connectivity index (χ2v) is 7.79. The minimum absolute atomic E-state index is 0.216. The molecule has 0 spiro atoms. The average molecular weight is 337 g/mol. The summed E-state index contributed by atoms with van der Waals surface area (Å²) in [5.74, 6) is 0.775. The molecule has 2 aromatic carbocycles. The third-order valence-corrected chi connectivity index (χ3v) is 6.23. The number of aliphatic hydroxyl groups is 1. The molecule has 3 heteroatoms. The third kappa shape index (κ3) is 5.41. The first-order valence-electron chi connectivity index (χ1n) is 6.29. The summed E-state index contributed by atoms with van der Waals surface area (Å²) in [6, 6.07) is 18.9. The SMILES string of the molecule is Cc1ccc([Se]CC(O)CSc2ccccc2)cc1. The molecule has 0 aliphatic carbocycles. The van der Waals surface area contributed by atoms with E-state index < -0.39 is 0 Å². The van der Waals surface area contributed by atoms with Crippen molar-refractivity contribution in [1.29, 1.82) is 0 Å². The van der Waals surface area contributed by atoms with Crippen LogP contribution in [-0.2, 0) is 0 Å². The zero-order valence-corrected chi connectivity index (χ0v) is 13.5. The molecule has 0 bridgehead atoms. The van der Waals surface area contributed by atoms with E-state index in [4.69, 9.17) is 0 Å². The van der Waals surface area contributed by atoms with E-state index in [0.29, 0.717) is 15.0 Å². The quantitative estimate of drug-likeness (QED) is 0.646. The molecule has 0 heterocycles. The monoisotopic (exact) mass is 338 g/mol. The maximum absolute atomic E-state index is 10.0. The molecular formula is C16H18OSSe. The van der Waals surface area contributed by atoms with Crippen molar-refractivity contribution in [3.63, 3.8) is 0 Å². The molecule has 19 heavy (non-hydrogen) atoms. The fourth-order valence-corrected chi connectivity index (χ4v) is 4.52. The number of thioether (sulfide) groups is 1. The van der Waals surface area contributed by atoms with Gasteiger partial charge in [-0.25, -0.2) is 0 Å². The predicted octanol–water partition coefficient (Wildman–Crippen LogP) is 2.90.